The molecule has 0 spiro atoms. The molecule has 0 saturated heterocycles. The number of hydrogen-bond donors (Lipinski definition) is 2. The second-order valence-corrected chi connectivity index (χ2v) is 6.76. The topological polar surface area (TPSA) is 63.8 Å². The van der Waals surface area contributed by atoms with Crippen LogP contribution in [0.5, 0.6) is 0 Å². The van der Waals surface area contributed by atoms with Gasteiger partial charge in [0.2, 0.25) is 0 Å². The average Bonchev–Trinajstić information content (AvgIpc) is 2.38. The predicted octanol–water partition coefficient (Wildman–Crippen LogP) is 4.31. The molecular weight excluding hydrogens is 335 g/mol. The molecule has 1 aromatic heterocycles. The summed E-state index contributed by atoms with van der Waals surface area (Å²) in [5, 5.41) is 3.10. The zero-order chi connectivity index (χ0) is 15.8. The van der Waals surface area contributed by atoms with Gasteiger partial charge in [-0.05, 0) is 41.1 Å². The molecule has 0 bridgehead atoms. The maximum Gasteiger partial charge on any atom is 0.139 e. The Morgan fingerprint density at radius 3 is 2.48 bits per heavy atom. The van der Waals surface area contributed by atoms with Gasteiger partial charge in [-0.2, -0.15) is 0 Å². The minimum absolute atomic E-state index is 0.219. The number of nitrogens with two attached hydrogens (primary N) is 1. The van der Waals surface area contributed by atoms with Crippen molar-refractivity contribution in [2.24, 2.45) is 0 Å². The second kappa shape index (κ2) is 5.60. The lowest BCUT2D eigenvalue weighted by molar-refractivity contribution is 0.546. The van der Waals surface area contributed by atoms with Crippen LogP contribution in [-0.4, -0.2) is 9.97 Å². The highest BCUT2D eigenvalue weighted by Gasteiger charge is 2.20. The Labute approximate surface area is 132 Å². The molecule has 3 N–H and O–H groups in total. The third-order valence-corrected chi connectivity index (χ3v) is 3.68. The van der Waals surface area contributed by atoms with Gasteiger partial charge in [0.1, 0.15) is 23.3 Å². The first kappa shape index (κ1) is 15.7. The van der Waals surface area contributed by atoms with Crippen molar-refractivity contribution in [1.82, 2.24) is 9.97 Å². The Morgan fingerprint density at radius 2 is 1.90 bits per heavy atom. The lowest BCUT2D eigenvalue weighted by Gasteiger charge is -2.20. The number of hydrogen-bond acceptors (Lipinski definition) is 4. The third-order valence-electron chi connectivity index (χ3n) is 3.04. The molecule has 0 aliphatic heterocycles. The van der Waals surface area contributed by atoms with Crippen LogP contribution in [0.15, 0.2) is 22.7 Å². The van der Waals surface area contributed by atoms with E-state index in [-0.39, 0.29) is 11.2 Å². The number of halogens is 2. The molecule has 1 aromatic carbocycles. The summed E-state index contributed by atoms with van der Waals surface area (Å²) < 4.78 is 14.0. The fourth-order valence-electron chi connectivity index (χ4n) is 1.70. The van der Waals surface area contributed by atoms with E-state index >= 15 is 0 Å². The predicted molar refractivity (Wildman–Crippen MR) is 87.3 cm³/mol. The maximum absolute atomic E-state index is 13.6. The molecule has 112 valence electrons. The first-order valence-corrected chi connectivity index (χ1v) is 7.34. The van der Waals surface area contributed by atoms with Crippen molar-refractivity contribution in [2.45, 2.75) is 33.1 Å². The van der Waals surface area contributed by atoms with Gasteiger partial charge < -0.3 is 11.1 Å². The van der Waals surface area contributed by atoms with E-state index in [1.165, 1.54) is 6.07 Å². The Balaban J connectivity index is 2.43. The Morgan fingerprint density at radius 1 is 1.24 bits per heavy atom. The number of anilines is 3. The third kappa shape index (κ3) is 3.50. The molecule has 4 nitrogen and oxygen atoms in total. The molecule has 0 aliphatic carbocycles. The molecule has 0 fully saturated rings. The van der Waals surface area contributed by atoms with Gasteiger partial charge in [-0.1, -0.05) is 20.8 Å². The van der Waals surface area contributed by atoms with Crippen LogP contribution < -0.4 is 11.1 Å². The van der Waals surface area contributed by atoms with Crippen molar-refractivity contribution in [3.05, 3.63) is 39.9 Å². The number of rotatable bonds is 2. The van der Waals surface area contributed by atoms with E-state index in [9.17, 15) is 4.39 Å². The molecule has 0 saturated carbocycles. The van der Waals surface area contributed by atoms with Gasteiger partial charge in [0.15, 0.2) is 0 Å². The summed E-state index contributed by atoms with van der Waals surface area (Å²) in [6.45, 7) is 7.87. The molecule has 1 heterocycles. The summed E-state index contributed by atoms with van der Waals surface area (Å²) in [5.41, 5.74) is 7.08. The number of nitrogens with zero attached hydrogens (tertiary/aromatic N) is 2. The monoisotopic (exact) mass is 352 g/mol. The Kier molecular flexibility index (Phi) is 4.18. The Bertz CT molecular complexity index is 680. The van der Waals surface area contributed by atoms with Crippen molar-refractivity contribution in [2.75, 3.05) is 11.1 Å². The van der Waals surface area contributed by atoms with Crippen LogP contribution in [0.3, 0.4) is 0 Å². The van der Waals surface area contributed by atoms with Gasteiger partial charge in [0, 0.05) is 16.7 Å². The van der Waals surface area contributed by atoms with E-state index in [0.717, 1.165) is 5.56 Å². The van der Waals surface area contributed by atoms with Crippen molar-refractivity contribution in [3.63, 3.8) is 0 Å². The van der Waals surface area contributed by atoms with Crippen molar-refractivity contribution in [1.29, 1.82) is 0 Å². The molecule has 0 atom stereocenters. The largest absolute Gasteiger partial charge is 0.383 e. The summed E-state index contributed by atoms with van der Waals surface area (Å²) >= 11 is 3.13. The van der Waals surface area contributed by atoms with Crippen LogP contribution in [0.4, 0.5) is 21.7 Å². The number of benzene rings is 1. The summed E-state index contributed by atoms with van der Waals surface area (Å²) in [7, 11) is 0. The number of aromatic nitrogens is 2. The van der Waals surface area contributed by atoms with Gasteiger partial charge in [-0.25, -0.2) is 14.4 Å². The zero-order valence-corrected chi connectivity index (χ0v) is 14.0. The van der Waals surface area contributed by atoms with Gasteiger partial charge >= 0.3 is 0 Å². The molecule has 0 amide bonds. The van der Waals surface area contributed by atoms with Crippen LogP contribution >= 0.6 is 15.9 Å². The van der Waals surface area contributed by atoms with E-state index in [1.807, 2.05) is 27.7 Å². The number of nitrogen functional groups attached to an aromatic ring is 1. The molecular formula is C15H18BrFN4. The number of nitrogens with one attached hydrogen (secondary N) is 1. The van der Waals surface area contributed by atoms with E-state index in [4.69, 9.17) is 5.73 Å². The average molecular weight is 353 g/mol. The molecule has 2 aromatic rings. The highest BCUT2D eigenvalue weighted by atomic mass is 79.9. The van der Waals surface area contributed by atoms with Crippen LogP contribution in [0.1, 0.15) is 32.2 Å². The van der Waals surface area contributed by atoms with Crippen LogP contribution in [0.2, 0.25) is 0 Å². The van der Waals surface area contributed by atoms with E-state index in [2.05, 4.69) is 31.2 Å². The lowest BCUT2D eigenvalue weighted by atomic mass is 9.95. The molecule has 0 aliphatic rings. The summed E-state index contributed by atoms with van der Waals surface area (Å²) in [5.74, 6) is 1.32. The van der Waals surface area contributed by atoms with Crippen molar-refractivity contribution < 1.29 is 4.39 Å². The highest BCUT2D eigenvalue weighted by molar-refractivity contribution is 9.10. The van der Waals surface area contributed by atoms with Crippen LogP contribution in [0.25, 0.3) is 0 Å². The van der Waals surface area contributed by atoms with Crippen molar-refractivity contribution in [3.8, 4) is 0 Å². The van der Waals surface area contributed by atoms with Crippen molar-refractivity contribution >= 4 is 33.3 Å². The first-order chi connectivity index (χ1) is 9.68. The normalized spacial score (nSPS) is 11.5. The molecule has 0 unspecified atom stereocenters. The van der Waals surface area contributed by atoms with E-state index in [1.54, 1.807) is 12.1 Å². The molecule has 6 heteroatoms. The lowest BCUT2D eigenvalue weighted by Crippen LogP contribution is -2.18. The SMILES string of the molecule is Cc1c(N)nc(C(C)(C)C)nc1Nc1ccc(Br)c(F)c1. The summed E-state index contributed by atoms with van der Waals surface area (Å²) in [6, 6.07) is 4.81. The minimum atomic E-state index is -0.337. The van der Waals surface area contributed by atoms with Crippen LogP contribution in [0, 0.1) is 12.7 Å². The standard InChI is InChI=1S/C15H18BrFN4/c1-8-12(18)20-14(15(2,3)4)21-13(8)19-9-5-6-10(16)11(17)7-9/h5-7H,1-4H3,(H3,18,19,20,21). The van der Waals surface area contributed by atoms with Gasteiger partial charge in [-0.3, -0.25) is 0 Å². The van der Waals surface area contributed by atoms with Gasteiger partial charge in [-0.15, -0.1) is 0 Å². The highest BCUT2D eigenvalue weighted by Crippen LogP contribution is 2.28. The van der Waals surface area contributed by atoms with E-state index < -0.39 is 0 Å². The quantitative estimate of drug-likeness (QED) is 0.845. The molecule has 2 rings (SSSR count). The smallest absolute Gasteiger partial charge is 0.139 e. The maximum atomic E-state index is 13.6. The zero-order valence-electron chi connectivity index (χ0n) is 12.5. The van der Waals surface area contributed by atoms with Crippen LogP contribution in [-0.2, 0) is 5.41 Å². The van der Waals surface area contributed by atoms with Gasteiger partial charge in [0.25, 0.3) is 0 Å². The summed E-state index contributed by atoms with van der Waals surface area (Å²) in [4.78, 5) is 8.84. The molecule has 0 radical (unpaired) electrons. The van der Waals surface area contributed by atoms with E-state index in [0.29, 0.717) is 27.6 Å². The Hall–Kier alpha value is -1.69. The summed E-state index contributed by atoms with van der Waals surface area (Å²) in [6.07, 6.45) is 0. The fraction of sp³-hybridized carbons (Fsp3) is 0.333. The second-order valence-electron chi connectivity index (χ2n) is 5.91. The molecule has 21 heavy (non-hydrogen) atoms. The van der Waals surface area contributed by atoms with Gasteiger partial charge in [0.05, 0.1) is 4.47 Å². The minimum Gasteiger partial charge on any atom is -0.383 e. The fourth-order valence-corrected chi connectivity index (χ4v) is 1.95. The first-order valence-electron chi connectivity index (χ1n) is 6.55.